The van der Waals surface area contributed by atoms with Gasteiger partial charge in [0.15, 0.2) is 0 Å². The molecule has 1 aromatic heterocycles. The van der Waals surface area contributed by atoms with Gasteiger partial charge in [0.05, 0.1) is 22.5 Å². The Hall–Kier alpha value is -4.79. The van der Waals surface area contributed by atoms with Crippen LogP contribution in [0.25, 0.3) is 10.9 Å². The molecule has 0 unspecified atom stereocenters. The number of nitriles is 1. The lowest BCUT2D eigenvalue weighted by Crippen LogP contribution is -2.41. The van der Waals surface area contributed by atoms with Crippen LogP contribution < -0.4 is 15.8 Å². The zero-order valence-corrected chi connectivity index (χ0v) is 19.1. The van der Waals surface area contributed by atoms with Gasteiger partial charge in [-0.1, -0.05) is 6.07 Å². The first-order valence-corrected chi connectivity index (χ1v) is 10.8. The summed E-state index contributed by atoms with van der Waals surface area (Å²) in [6, 6.07) is 9.13. The van der Waals surface area contributed by atoms with E-state index in [9.17, 15) is 33.9 Å². The number of aromatic nitrogens is 2. The lowest BCUT2D eigenvalue weighted by Gasteiger charge is -2.23. The molecular weight excluding hydrogens is 473 g/mol. The minimum absolute atomic E-state index is 0.123. The summed E-state index contributed by atoms with van der Waals surface area (Å²) in [6.45, 7) is 1.69. The third kappa shape index (κ3) is 6.20. The van der Waals surface area contributed by atoms with Gasteiger partial charge in [-0.05, 0) is 49.2 Å². The van der Waals surface area contributed by atoms with E-state index >= 15 is 0 Å². The first kappa shape index (κ1) is 25.8. The summed E-state index contributed by atoms with van der Waals surface area (Å²) >= 11 is 0. The van der Waals surface area contributed by atoms with E-state index in [1.807, 2.05) is 6.07 Å². The molecule has 0 aliphatic carbocycles. The second-order valence-electron chi connectivity index (χ2n) is 7.98. The van der Waals surface area contributed by atoms with Gasteiger partial charge in [0.1, 0.15) is 24.2 Å². The molecule has 0 aliphatic rings. The highest BCUT2D eigenvalue weighted by Crippen LogP contribution is 2.22. The van der Waals surface area contributed by atoms with Crippen molar-refractivity contribution in [1.82, 2.24) is 15.3 Å². The average molecular weight is 495 g/mol. The molecule has 1 amide bonds. The SMILES string of the molecule is Cc1nc2ccc(CN(CC#N)c3ccc(C(=O)N[C@@H](CCC(=O)O)C(=O)O)c(F)c3)cc2c(=O)[nH]1. The number of fused-ring (bicyclic) bond motifs is 1. The maximum absolute atomic E-state index is 14.8. The summed E-state index contributed by atoms with van der Waals surface area (Å²) in [5.41, 5.74) is 0.712. The number of hydrogen-bond acceptors (Lipinski definition) is 7. The second kappa shape index (κ2) is 11.1. The quantitative estimate of drug-likeness (QED) is 0.306. The third-order valence-electron chi connectivity index (χ3n) is 5.34. The van der Waals surface area contributed by atoms with Crippen molar-refractivity contribution >= 4 is 34.4 Å². The molecule has 3 aromatic rings. The molecule has 0 saturated carbocycles. The number of aryl methyl sites for hydroxylation is 1. The van der Waals surface area contributed by atoms with E-state index in [1.165, 1.54) is 11.0 Å². The number of carbonyl (C=O) groups is 3. The van der Waals surface area contributed by atoms with Crippen LogP contribution in [0.4, 0.5) is 10.1 Å². The second-order valence-corrected chi connectivity index (χ2v) is 7.98. The van der Waals surface area contributed by atoms with Crippen LogP contribution in [-0.2, 0) is 16.1 Å². The third-order valence-corrected chi connectivity index (χ3v) is 5.34. The van der Waals surface area contributed by atoms with Crippen molar-refractivity contribution < 1.29 is 29.0 Å². The van der Waals surface area contributed by atoms with Gasteiger partial charge in [-0.15, -0.1) is 0 Å². The number of carboxylic acid groups (broad SMARTS) is 2. The Balaban J connectivity index is 1.82. The molecule has 4 N–H and O–H groups in total. The van der Waals surface area contributed by atoms with E-state index in [2.05, 4.69) is 15.3 Å². The zero-order valence-electron chi connectivity index (χ0n) is 19.1. The number of aliphatic carboxylic acids is 2. The van der Waals surface area contributed by atoms with E-state index in [0.717, 1.165) is 12.1 Å². The number of halogens is 1. The predicted molar refractivity (Wildman–Crippen MR) is 126 cm³/mol. The number of anilines is 1. The van der Waals surface area contributed by atoms with Crippen molar-refractivity contribution in [3.63, 3.8) is 0 Å². The fourth-order valence-corrected chi connectivity index (χ4v) is 3.59. The topological polar surface area (TPSA) is 176 Å². The Morgan fingerprint density at radius 2 is 1.97 bits per heavy atom. The van der Waals surface area contributed by atoms with E-state index in [1.54, 1.807) is 25.1 Å². The fraction of sp³-hybridized carbons (Fsp3) is 0.250. The van der Waals surface area contributed by atoms with Crippen LogP contribution in [0.15, 0.2) is 41.2 Å². The van der Waals surface area contributed by atoms with Gasteiger partial charge in [0.25, 0.3) is 11.5 Å². The van der Waals surface area contributed by atoms with Crippen molar-refractivity contribution in [2.75, 3.05) is 11.4 Å². The van der Waals surface area contributed by atoms with E-state index in [0.29, 0.717) is 22.3 Å². The van der Waals surface area contributed by atoms with Crippen LogP contribution in [0, 0.1) is 24.1 Å². The number of benzene rings is 2. The number of rotatable bonds is 10. The molecule has 2 aromatic carbocycles. The Morgan fingerprint density at radius 3 is 2.61 bits per heavy atom. The molecule has 0 radical (unpaired) electrons. The van der Waals surface area contributed by atoms with Crippen molar-refractivity contribution in [3.05, 3.63) is 69.5 Å². The first-order chi connectivity index (χ1) is 17.1. The van der Waals surface area contributed by atoms with Gasteiger partial charge in [-0.2, -0.15) is 5.26 Å². The van der Waals surface area contributed by atoms with Crippen LogP contribution in [-0.4, -0.2) is 50.6 Å². The fourth-order valence-electron chi connectivity index (χ4n) is 3.59. The number of hydrogen-bond donors (Lipinski definition) is 4. The number of H-pyrrole nitrogens is 1. The average Bonchev–Trinajstić information content (AvgIpc) is 2.81. The highest BCUT2D eigenvalue weighted by atomic mass is 19.1. The van der Waals surface area contributed by atoms with Gasteiger partial charge in [0, 0.05) is 18.7 Å². The number of carboxylic acids is 2. The molecule has 0 aliphatic heterocycles. The molecule has 36 heavy (non-hydrogen) atoms. The molecule has 11 nitrogen and oxygen atoms in total. The van der Waals surface area contributed by atoms with Crippen molar-refractivity contribution in [2.24, 2.45) is 0 Å². The van der Waals surface area contributed by atoms with Gasteiger partial charge < -0.3 is 25.4 Å². The lowest BCUT2D eigenvalue weighted by molar-refractivity contribution is -0.140. The molecule has 1 atom stereocenters. The Labute approximate surface area is 203 Å². The number of aromatic amines is 1. The van der Waals surface area contributed by atoms with Crippen LogP contribution in [0.3, 0.4) is 0 Å². The van der Waals surface area contributed by atoms with Crippen LogP contribution in [0.2, 0.25) is 0 Å². The summed E-state index contributed by atoms with van der Waals surface area (Å²) in [5.74, 6) is -4.17. The summed E-state index contributed by atoms with van der Waals surface area (Å²) < 4.78 is 14.8. The number of nitrogens with one attached hydrogen (secondary N) is 2. The highest BCUT2D eigenvalue weighted by Gasteiger charge is 2.23. The van der Waals surface area contributed by atoms with Crippen LogP contribution in [0.1, 0.15) is 34.6 Å². The van der Waals surface area contributed by atoms with Crippen LogP contribution >= 0.6 is 0 Å². The standard InChI is InChI=1S/C24H22FN5O6/c1-13-27-19-5-2-14(10-17(19)23(34)28-13)12-30(9-8-26)15-3-4-16(18(25)11-15)22(33)29-20(24(35)36)6-7-21(31)32/h2-5,10-11,20H,6-7,9,12H2,1H3,(H,29,33)(H,31,32)(H,35,36)(H,27,28,34)/t20-/m0/s1. The Morgan fingerprint density at radius 1 is 1.22 bits per heavy atom. The van der Waals surface area contributed by atoms with E-state index in [4.69, 9.17) is 5.11 Å². The van der Waals surface area contributed by atoms with Crippen molar-refractivity contribution in [2.45, 2.75) is 32.4 Å². The predicted octanol–water partition coefficient (Wildman–Crippen LogP) is 1.95. The van der Waals surface area contributed by atoms with Crippen molar-refractivity contribution in [3.8, 4) is 6.07 Å². The maximum atomic E-state index is 14.8. The highest BCUT2D eigenvalue weighted by molar-refractivity contribution is 5.97. The molecule has 12 heteroatoms. The zero-order chi connectivity index (χ0) is 26.4. The minimum atomic E-state index is -1.50. The monoisotopic (exact) mass is 495 g/mol. The molecule has 0 fully saturated rings. The molecule has 186 valence electrons. The van der Waals surface area contributed by atoms with Gasteiger partial charge in [-0.25, -0.2) is 14.2 Å². The molecule has 3 rings (SSSR count). The molecular formula is C24H22FN5O6. The number of nitrogens with zero attached hydrogens (tertiary/aromatic N) is 3. The minimum Gasteiger partial charge on any atom is -0.481 e. The van der Waals surface area contributed by atoms with Gasteiger partial charge in [-0.3, -0.25) is 14.4 Å². The van der Waals surface area contributed by atoms with Gasteiger partial charge >= 0.3 is 11.9 Å². The van der Waals surface area contributed by atoms with Crippen LogP contribution in [0.5, 0.6) is 0 Å². The largest absolute Gasteiger partial charge is 0.481 e. The summed E-state index contributed by atoms with van der Waals surface area (Å²) in [5, 5.41) is 29.7. The summed E-state index contributed by atoms with van der Waals surface area (Å²) in [4.78, 5) is 55.1. The Kier molecular flexibility index (Phi) is 7.96. The Bertz CT molecular complexity index is 1430. The van der Waals surface area contributed by atoms with Gasteiger partial charge in [0.2, 0.25) is 0 Å². The van der Waals surface area contributed by atoms with Crippen molar-refractivity contribution in [1.29, 1.82) is 5.26 Å². The normalized spacial score (nSPS) is 11.5. The van der Waals surface area contributed by atoms with E-state index in [-0.39, 0.29) is 30.8 Å². The molecule has 0 bridgehead atoms. The molecule has 1 heterocycles. The number of carbonyl (C=O) groups excluding carboxylic acids is 1. The summed E-state index contributed by atoms with van der Waals surface area (Å²) in [7, 11) is 0. The van der Waals surface area contributed by atoms with E-state index < -0.39 is 41.7 Å². The lowest BCUT2D eigenvalue weighted by atomic mass is 10.1. The maximum Gasteiger partial charge on any atom is 0.326 e. The smallest absolute Gasteiger partial charge is 0.326 e. The molecule has 0 saturated heterocycles. The first-order valence-electron chi connectivity index (χ1n) is 10.8. The number of amides is 1. The summed E-state index contributed by atoms with van der Waals surface area (Å²) in [6.07, 6.45) is -0.853. The molecule has 0 spiro atoms.